The second-order valence-corrected chi connectivity index (χ2v) is 3.93. The molecule has 16 heavy (non-hydrogen) atoms. The highest BCUT2D eigenvalue weighted by molar-refractivity contribution is 5.82. The number of amides is 1. The zero-order valence-corrected chi connectivity index (χ0v) is 10.4. The molecule has 1 amide bonds. The Balaban J connectivity index is 4.66. The van der Waals surface area contributed by atoms with Crippen molar-refractivity contribution in [2.45, 2.75) is 51.7 Å². The molecule has 0 saturated carbocycles. The van der Waals surface area contributed by atoms with Crippen LogP contribution in [-0.2, 0) is 14.3 Å². The smallest absolute Gasteiger partial charge is 0.305 e. The number of aliphatic carboxylic acids is 1. The van der Waals surface area contributed by atoms with Gasteiger partial charge in [-0.1, -0.05) is 13.8 Å². The Morgan fingerprint density at radius 3 is 2.19 bits per heavy atom. The number of rotatable bonds is 7. The highest BCUT2D eigenvalue weighted by atomic mass is 16.5. The zero-order chi connectivity index (χ0) is 12.8. The second kappa shape index (κ2) is 6.48. The molecule has 0 aliphatic carbocycles. The minimum Gasteiger partial charge on any atom is -0.481 e. The molecule has 1 atom stereocenters. The van der Waals surface area contributed by atoms with Crippen LogP contribution in [0, 0.1) is 0 Å². The number of ether oxygens (including phenoxy) is 1. The summed E-state index contributed by atoms with van der Waals surface area (Å²) in [5.74, 6) is -1.18. The maximum atomic E-state index is 11.7. The third-order valence-electron chi connectivity index (χ3n) is 2.95. The van der Waals surface area contributed by atoms with E-state index in [0.717, 1.165) is 0 Å². The standard InChI is InChI=1S/C11H21NO4/c1-5-11(6-2,7-9(13)14)12-10(15)8(3)16-4/h8H,5-7H2,1-4H3,(H,12,15)(H,13,14). The monoisotopic (exact) mass is 231 g/mol. The first kappa shape index (κ1) is 14.9. The predicted molar refractivity (Wildman–Crippen MR) is 60.2 cm³/mol. The normalized spacial score (nSPS) is 13.2. The molecule has 0 aliphatic rings. The van der Waals surface area contributed by atoms with Gasteiger partial charge in [0, 0.05) is 7.11 Å². The Morgan fingerprint density at radius 2 is 1.88 bits per heavy atom. The van der Waals surface area contributed by atoms with Crippen LogP contribution in [0.25, 0.3) is 0 Å². The maximum Gasteiger partial charge on any atom is 0.305 e. The Bertz CT molecular complexity index is 248. The third-order valence-corrected chi connectivity index (χ3v) is 2.95. The van der Waals surface area contributed by atoms with Gasteiger partial charge in [-0.2, -0.15) is 0 Å². The largest absolute Gasteiger partial charge is 0.481 e. The molecule has 0 saturated heterocycles. The summed E-state index contributed by atoms with van der Waals surface area (Å²) >= 11 is 0. The van der Waals surface area contributed by atoms with Crippen molar-refractivity contribution in [3.63, 3.8) is 0 Å². The van der Waals surface area contributed by atoms with Crippen LogP contribution in [0.4, 0.5) is 0 Å². The van der Waals surface area contributed by atoms with E-state index in [4.69, 9.17) is 9.84 Å². The van der Waals surface area contributed by atoms with Gasteiger partial charge < -0.3 is 15.2 Å². The molecule has 0 fully saturated rings. The van der Waals surface area contributed by atoms with Gasteiger partial charge in [0.15, 0.2) is 0 Å². The lowest BCUT2D eigenvalue weighted by Crippen LogP contribution is -2.52. The SMILES string of the molecule is CCC(CC)(CC(=O)O)NC(=O)C(C)OC. The first-order valence-electron chi connectivity index (χ1n) is 5.47. The summed E-state index contributed by atoms with van der Waals surface area (Å²) in [5.41, 5.74) is -0.671. The van der Waals surface area contributed by atoms with Crippen molar-refractivity contribution in [2.24, 2.45) is 0 Å². The molecule has 0 aromatic rings. The average Bonchev–Trinajstić information content (AvgIpc) is 2.26. The molecule has 5 nitrogen and oxygen atoms in total. The fourth-order valence-corrected chi connectivity index (χ4v) is 1.48. The van der Waals surface area contributed by atoms with E-state index in [0.29, 0.717) is 12.8 Å². The minimum atomic E-state index is -0.908. The number of carbonyl (C=O) groups is 2. The van der Waals surface area contributed by atoms with E-state index < -0.39 is 17.6 Å². The Hall–Kier alpha value is -1.10. The quantitative estimate of drug-likeness (QED) is 0.689. The number of nitrogens with one attached hydrogen (secondary N) is 1. The molecule has 0 radical (unpaired) electrons. The van der Waals surface area contributed by atoms with Crippen molar-refractivity contribution in [3.05, 3.63) is 0 Å². The molecule has 0 bridgehead atoms. The van der Waals surface area contributed by atoms with Gasteiger partial charge in [-0.25, -0.2) is 0 Å². The van der Waals surface area contributed by atoms with Crippen molar-refractivity contribution in [1.82, 2.24) is 5.32 Å². The van der Waals surface area contributed by atoms with Gasteiger partial charge in [0.25, 0.3) is 0 Å². The summed E-state index contributed by atoms with van der Waals surface area (Å²) in [6, 6.07) is 0. The molecule has 1 unspecified atom stereocenters. The van der Waals surface area contributed by atoms with Crippen molar-refractivity contribution in [2.75, 3.05) is 7.11 Å². The van der Waals surface area contributed by atoms with E-state index in [1.807, 2.05) is 13.8 Å². The predicted octanol–water partition coefficient (Wildman–Crippen LogP) is 1.17. The molecular formula is C11H21NO4. The molecule has 0 aromatic carbocycles. The fraction of sp³-hybridized carbons (Fsp3) is 0.818. The van der Waals surface area contributed by atoms with E-state index >= 15 is 0 Å². The molecule has 0 aliphatic heterocycles. The average molecular weight is 231 g/mol. The second-order valence-electron chi connectivity index (χ2n) is 3.93. The highest BCUT2D eigenvalue weighted by Crippen LogP contribution is 2.20. The van der Waals surface area contributed by atoms with Crippen molar-refractivity contribution >= 4 is 11.9 Å². The van der Waals surface area contributed by atoms with Crippen molar-refractivity contribution in [1.29, 1.82) is 0 Å². The number of carbonyl (C=O) groups excluding carboxylic acids is 1. The van der Waals surface area contributed by atoms with E-state index in [1.165, 1.54) is 7.11 Å². The van der Waals surface area contributed by atoms with Crippen molar-refractivity contribution in [3.8, 4) is 0 Å². The van der Waals surface area contributed by atoms with Crippen LogP contribution in [0.2, 0.25) is 0 Å². The maximum absolute atomic E-state index is 11.7. The first-order valence-corrected chi connectivity index (χ1v) is 5.47. The van der Waals surface area contributed by atoms with E-state index in [1.54, 1.807) is 6.92 Å². The van der Waals surface area contributed by atoms with Crippen LogP contribution in [-0.4, -0.2) is 35.7 Å². The third kappa shape index (κ3) is 4.18. The van der Waals surface area contributed by atoms with Gasteiger partial charge in [-0.3, -0.25) is 9.59 Å². The lowest BCUT2D eigenvalue weighted by molar-refractivity contribution is -0.140. The summed E-state index contributed by atoms with van der Waals surface area (Å²) in [5, 5.41) is 11.6. The molecule has 2 N–H and O–H groups in total. The van der Waals surface area contributed by atoms with E-state index in [9.17, 15) is 9.59 Å². The molecule has 5 heteroatoms. The number of carboxylic acid groups (broad SMARTS) is 1. The fourth-order valence-electron chi connectivity index (χ4n) is 1.48. The molecule has 0 spiro atoms. The van der Waals surface area contributed by atoms with Gasteiger partial charge in [-0.15, -0.1) is 0 Å². The van der Waals surface area contributed by atoms with Gasteiger partial charge in [0.05, 0.1) is 12.0 Å². The summed E-state index contributed by atoms with van der Waals surface area (Å²) in [6.07, 6.45) is 0.532. The van der Waals surface area contributed by atoms with Crippen LogP contribution in [0.15, 0.2) is 0 Å². The van der Waals surface area contributed by atoms with E-state index in [2.05, 4.69) is 5.32 Å². The van der Waals surface area contributed by atoms with Crippen LogP contribution in [0.3, 0.4) is 0 Å². The summed E-state index contributed by atoms with van der Waals surface area (Å²) in [7, 11) is 1.45. The topological polar surface area (TPSA) is 75.6 Å². The van der Waals surface area contributed by atoms with Gasteiger partial charge >= 0.3 is 5.97 Å². The van der Waals surface area contributed by atoms with Gasteiger partial charge in [0.1, 0.15) is 6.10 Å². The number of methoxy groups -OCH3 is 1. The molecule has 0 aromatic heterocycles. The lowest BCUT2D eigenvalue weighted by Gasteiger charge is -2.32. The van der Waals surface area contributed by atoms with Crippen LogP contribution in [0.5, 0.6) is 0 Å². The zero-order valence-electron chi connectivity index (χ0n) is 10.4. The Kier molecular flexibility index (Phi) is 6.03. The van der Waals surface area contributed by atoms with Gasteiger partial charge in [-0.05, 0) is 19.8 Å². The summed E-state index contributed by atoms with van der Waals surface area (Å²) in [4.78, 5) is 22.4. The van der Waals surface area contributed by atoms with Crippen molar-refractivity contribution < 1.29 is 19.4 Å². The summed E-state index contributed by atoms with van der Waals surface area (Å²) in [6.45, 7) is 5.36. The minimum absolute atomic E-state index is 0.0673. The highest BCUT2D eigenvalue weighted by Gasteiger charge is 2.32. The van der Waals surface area contributed by atoms with Crippen LogP contribution < -0.4 is 5.32 Å². The van der Waals surface area contributed by atoms with Crippen LogP contribution in [0.1, 0.15) is 40.0 Å². The first-order chi connectivity index (χ1) is 7.40. The van der Waals surface area contributed by atoms with E-state index in [-0.39, 0.29) is 12.3 Å². The number of hydrogen-bond acceptors (Lipinski definition) is 3. The van der Waals surface area contributed by atoms with Gasteiger partial charge in [0.2, 0.25) is 5.91 Å². The number of carboxylic acids is 1. The molecule has 0 rings (SSSR count). The molecule has 0 heterocycles. The lowest BCUT2D eigenvalue weighted by atomic mass is 9.88. The Labute approximate surface area is 96.2 Å². The number of hydrogen-bond donors (Lipinski definition) is 2. The molecular weight excluding hydrogens is 210 g/mol. The Morgan fingerprint density at radius 1 is 1.38 bits per heavy atom. The summed E-state index contributed by atoms with van der Waals surface area (Å²) < 4.78 is 4.89. The van der Waals surface area contributed by atoms with Crippen LogP contribution >= 0.6 is 0 Å². The molecule has 94 valence electrons.